The van der Waals surface area contributed by atoms with Gasteiger partial charge < -0.3 is 20.1 Å². The van der Waals surface area contributed by atoms with Gasteiger partial charge in [0.15, 0.2) is 22.4 Å². The molecule has 2 N–H and O–H groups in total. The van der Waals surface area contributed by atoms with Gasteiger partial charge in [0, 0.05) is 21.3 Å². The Bertz CT molecular complexity index is 673. The van der Waals surface area contributed by atoms with E-state index in [4.69, 9.17) is 21.7 Å². The van der Waals surface area contributed by atoms with E-state index in [1.807, 2.05) is 19.1 Å². The Morgan fingerprint density at radius 3 is 2.55 bits per heavy atom. The maximum absolute atomic E-state index is 12.1. The number of carbonyl (C=O) groups is 1. The van der Waals surface area contributed by atoms with E-state index in [9.17, 15) is 4.79 Å². The number of allylic oxidation sites excluding steroid dienone is 1. The second-order valence-corrected chi connectivity index (χ2v) is 6.18. The molecule has 0 fully saturated rings. The van der Waals surface area contributed by atoms with E-state index < -0.39 is 6.04 Å². The van der Waals surface area contributed by atoms with Crippen molar-refractivity contribution in [3.8, 4) is 11.5 Å². The first-order chi connectivity index (χ1) is 10.4. The molecule has 1 aromatic rings. The molecule has 7 heteroatoms. The van der Waals surface area contributed by atoms with Crippen LogP contribution in [0.2, 0.25) is 0 Å². The minimum atomic E-state index is -0.396. The number of rotatable bonds is 4. The first kappa shape index (κ1) is 16.8. The van der Waals surface area contributed by atoms with Crippen LogP contribution in [-0.4, -0.2) is 25.1 Å². The average Bonchev–Trinajstić information content (AvgIpc) is 2.44. The van der Waals surface area contributed by atoms with Crippen LogP contribution in [-0.2, 0) is 4.79 Å². The summed E-state index contributed by atoms with van der Waals surface area (Å²) in [6, 6.07) is 3.31. The maximum atomic E-state index is 12.1. The normalized spacial score (nSPS) is 17.7. The van der Waals surface area contributed by atoms with Crippen molar-refractivity contribution in [1.29, 1.82) is 0 Å². The fourth-order valence-corrected chi connectivity index (χ4v) is 3.29. The third-order valence-corrected chi connectivity index (χ3v) is 4.11. The van der Waals surface area contributed by atoms with Crippen LogP contribution in [0, 0.1) is 0 Å². The Morgan fingerprint density at radius 1 is 1.32 bits per heavy atom. The largest absolute Gasteiger partial charge is 0.493 e. The zero-order valence-corrected chi connectivity index (χ0v) is 15.1. The predicted molar refractivity (Wildman–Crippen MR) is 92.2 cm³/mol. The van der Waals surface area contributed by atoms with Crippen molar-refractivity contribution >= 4 is 39.0 Å². The Morgan fingerprint density at radius 2 is 2.00 bits per heavy atom. The lowest BCUT2D eigenvalue weighted by Gasteiger charge is -2.31. The van der Waals surface area contributed by atoms with E-state index in [-0.39, 0.29) is 5.78 Å². The van der Waals surface area contributed by atoms with Crippen molar-refractivity contribution in [1.82, 2.24) is 10.6 Å². The molecule has 5 nitrogen and oxygen atoms in total. The molecule has 118 valence electrons. The number of carbonyl (C=O) groups excluding carboxylic acids is 1. The molecule has 0 bridgehead atoms. The zero-order valence-electron chi connectivity index (χ0n) is 12.7. The topological polar surface area (TPSA) is 59.6 Å². The monoisotopic (exact) mass is 384 g/mol. The number of ether oxygens (including phenoxy) is 2. The average molecular weight is 385 g/mol. The number of Topliss-reactive ketones (excluding diaryl/α,β-unsaturated/α-hetero) is 1. The van der Waals surface area contributed by atoms with Crippen LogP contribution in [0.25, 0.3) is 0 Å². The van der Waals surface area contributed by atoms with Crippen molar-refractivity contribution in [2.24, 2.45) is 0 Å². The van der Waals surface area contributed by atoms with Gasteiger partial charge >= 0.3 is 0 Å². The highest BCUT2D eigenvalue weighted by molar-refractivity contribution is 9.10. The van der Waals surface area contributed by atoms with E-state index in [1.54, 1.807) is 14.2 Å². The van der Waals surface area contributed by atoms with Gasteiger partial charge in [-0.05, 0) is 38.2 Å². The summed E-state index contributed by atoms with van der Waals surface area (Å²) < 4.78 is 11.7. The number of ketones is 1. The Kier molecular flexibility index (Phi) is 5.08. The Hall–Kier alpha value is -1.60. The van der Waals surface area contributed by atoms with Gasteiger partial charge in [-0.1, -0.05) is 15.9 Å². The SMILES string of the molecule is COc1cc(Br)cc(C2NC(=S)NC(C)=C2C(C)=O)c1OC. The summed E-state index contributed by atoms with van der Waals surface area (Å²) in [7, 11) is 3.14. The zero-order chi connectivity index (χ0) is 16.4. The summed E-state index contributed by atoms with van der Waals surface area (Å²) >= 11 is 8.68. The number of hydrogen-bond donors (Lipinski definition) is 2. The molecule has 0 saturated carbocycles. The van der Waals surface area contributed by atoms with Crippen LogP contribution >= 0.6 is 28.1 Å². The van der Waals surface area contributed by atoms with Crippen LogP contribution in [0.3, 0.4) is 0 Å². The minimum absolute atomic E-state index is 0.0361. The standard InChI is InChI=1S/C15H17BrN2O3S/c1-7-12(8(2)19)13(18-15(22)17-7)10-5-9(16)6-11(20-3)14(10)21-4/h5-6,13H,1-4H3,(H2,17,18,22). The number of hydrogen-bond acceptors (Lipinski definition) is 4. The van der Waals surface area contributed by atoms with Gasteiger partial charge in [0.1, 0.15) is 0 Å². The number of benzene rings is 1. The highest BCUT2D eigenvalue weighted by Gasteiger charge is 2.31. The molecule has 0 spiro atoms. The Labute approximate surface area is 143 Å². The molecule has 1 heterocycles. The minimum Gasteiger partial charge on any atom is -0.493 e. The first-order valence-corrected chi connectivity index (χ1v) is 7.79. The lowest BCUT2D eigenvalue weighted by atomic mass is 9.92. The molecule has 0 saturated heterocycles. The van der Waals surface area contributed by atoms with Gasteiger partial charge in [-0.2, -0.15) is 0 Å². The Balaban J connectivity index is 2.67. The molecule has 0 aromatic heterocycles. The van der Waals surface area contributed by atoms with Gasteiger partial charge in [0.25, 0.3) is 0 Å². The number of nitrogens with one attached hydrogen (secondary N) is 2. The molecule has 1 aromatic carbocycles. The van der Waals surface area contributed by atoms with Crippen molar-refractivity contribution in [3.05, 3.63) is 33.4 Å². The van der Waals surface area contributed by atoms with Crippen molar-refractivity contribution < 1.29 is 14.3 Å². The molecule has 1 aliphatic heterocycles. The van der Waals surface area contributed by atoms with Crippen LogP contribution in [0.4, 0.5) is 0 Å². The quantitative estimate of drug-likeness (QED) is 0.778. The van der Waals surface area contributed by atoms with Crippen molar-refractivity contribution in [2.75, 3.05) is 14.2 Å². The van der Waals surface area contributed by atoms with Gasteiger partial charge in [-0.15, -0.1) is 0 Å². The van der Waals surface area contributed by atoms with E-state index in [0.29, 0.717) is 22.2 Å². The molecular weight excluding hydrogens is 368 g/mol. The molecule has 0 aliphatic carbocycles. The molecule has 0 amide bonds. The van der Waals surface area contributed by atoms with Gasteiger partial charge in [-0.3, -0.25) is 4.79 Å². The summed E-state index contributed by atoms with van der Waals surface area (Å²) in [5, 5.41) is 6.59. The maximum Gasteiger partial charge on any atom is 0.171 e. The summed E-state index contributed by atoms with van der Waals surface area (Å²) in [6.07, 6.45) is 0. The summed E-state index contributed by atoms with van der Waals surface area (Å²) in [5.41, 5.74) is 2.14. The van der Waals surface area contributed by atoms with Crippen LogP contribution < -0.4 is 20.1 Å². The number of thiocarbonyl (C=S) groups is 1. The summed E-state index contributed by atoms with van der Waals surface area (Å²) in [4.78, 5) is 12.1. The van der Waals surface area contributed by atoms with Gasteiger partial charge in [0.2, 0.25) is 0 Å². The van der Waals surface area contributed by atoms with E-state index in [2.05, 4.69) is 26.6 Å². The number of halogens is 1. The third kappa shape index (κ3) is 3.10. The molecule has 1 atom stereocenters. The van der Waals surface area contributed by atoms with Gasteiger partial charge in [-0.25, -0.2) is 0 Å². The lowest BCUT2D eigenvalue weighted by molar-refractivity contribution is -0.114. The highest BCUT2D eigenvalue weighted by atomic mass is 79.9. The van der Waals surface area contributed by atoms with Crippen molar-refractivity contribution in [3.63, 3.8) is 0 Å². The molecule has 22 heavy (non-hydrogen) atoms. The van der Waals surface area contributed by atoms with E-state index in [0.717, 1.165) is 15.7 Å². The van der Waals surface area contributed by atoms with E-state index >= 15 is 0 Å². The van der Waals surface area contributed by atoms with E-state index in [1.165, 1.54) is 6.92 Å². The smallest absolute Gasteiger partial charge is 0.171 e. The fourth-order valence-electron chi connectivity index (χ4n) is 2.57. The highest BCUT2D eigenvalue weighted by Crippen LogP contribution is 2.41. The molecule has 1 aliphatic rings. The first-order valence-electron chi connectivity index (χ1n) is 6.59. The van der Waals surface area contributed by atoms with Crippen LogP contribution in [0.5, 0.6) is 11.5 Å². The summed E-state index contributed by atoms with van der Waals surface area (Å²) in [6.45, 7) is 3.36. The molecule has 2 rings (SSSR count). The fraction of sp³-hybridized carbons (Fsp3) is 0.333. The molecule has 0 radical (unpaired) electrons. The van der Waals surface area contributed by atoms with Crippen LogP contribution in [0.15, 0.2) is 27.9 Å². The second kappa shape index (κ2) is 6.66. The lowest BCUT2D eigenvalue weighted by Crippen LogP contribution is -2.44. The third-order valence-electron chi connectivity index (χ3n) is 3.43. The molecule has 1 unspecified atom stereocenters. The van der Waals surface area contributed by atoms with Crippen molar-refractivity contribution in [2.45, 2.75) is 19.9 Å². The van der Waals surface area contributed by atoms with Crippen LogP contribution in [0.1, 0.15) is 25.5 Å². The predicted octanol–water partition coefficient (Wildman–Crippen LogP) is 2.85. The van der Waals surface area contributed by atoms with Gasteiger partial charge in [0.05, 0.1) is 20.3 Å². The summed E-state index contributed by atoms with van der Waals surface area (Å²) in [5.74, 6) is 1.11. The number of methoxy groups -OCH3 is 2. The molecular formula is C15H17BrN2O3S. The second-order valence-electron chi connectivity index (χ2n) is 4.86.